The van der Waals surface area contributed by atoms with Crippen molar-refractivity contribution in [2.75, 3.05) is 7.05 Å². The normalized spacial score (nSPS) is 20.1. The second kappa shape index (κ2) is 5.68. The van der Waals surface area contributed by atoms with Gasteiger partial charge in [-0.3, -0.25) is 9.59 Å². The molecule has 0 aromatic heterocycles. The van der Waals surface area contributed by atoms with E-state index in [1.54, 1.807) is 36.4 Å². The lowest BCUT2D eigenvalue weighted by Crippen LogP contribution is -2.25. The van der Waals surface area contributed by atoms with Crippen molar-refractivity contribution in [3.8, 4) is 0 Å². The SMILES string of the molecule is CN1C(=O)C(=O)/C(=C(/O)c2ccccc2)C1c1ccccc1F. The zero-order valence-electron chi connectivity index (χ0n) is 12.4. The van der Waals surface area contributed by atoms with Crippen molar-refractivity contribution in [1.82, 2.24) is 4.90 Å². The molecule has 116 valence electrons. The molecular formula is C18H14FNO3. The van der Waals surface area contributed by atoms with Crippen LogP contribution >= 0.6 is 0 Å². The summed E-state index contributed by atoms with van der Waals surface area (Å²) in [5.74, 6) is -2.43. The molecule has 1 atom stereocenters. The van der Waals surface area contributed by atoms with Gasteiger partial charge in [0, 0.05) is 18.2 Å². The molecule has 5 heteroatoms. The van der Waals surface area contributed by atoms with Crippen LogP contribution < -0.4 is 0 Å². The van der Waals surface area contributed by atoms with Gasteiger partial charge in [-0.1, -0.05) is 48.5 Å². The average Bonchev–Trinajstić information content (AvgIpc) is 2.80. The van der Waals surface area contributed by atoms with Gasteiger partial charge in [0.25, 0.3) is 11.7 Å². The van der Waals surface area contributed by atoms with E-state index in [9.17, 15) is 19.1 Å². The van der Waals surface area contributed by atoms with E-state index < -0.39 is 23.5 Å². The highest BCUT2D eigenvalue weighted by Crippen LogP contribution is 2.39. The van der Waals surface area contributed by atoms with Crippen molar-refractivity contribution in [2.45, 2.75) is 6.04 Å². The van der Waals surface area contributed by atoms with Gasteiger partial charge in [-0.25, -0.2) is 4.39 Å². The van der Waals surface area contributed by atoms with E-state index in [4.69, 9.17) is 0 Å². The smallest absolute Gasteiger partial charge is 0.295 e. The fourth-order valence-corrected chi connectivity index (χ4v) is 2.76. The van der Waals surface area contributed by atoms with Crippen LogP contribution in [-0.2, 0) is 9.59 Å². The quantitative estimate of drug-likeness (QED) is 0.527. The molecule has 1 aliphatic rings. The van der Waals surface area contributed by atoms with Crippen molar-refractivity contribution in [3.63, 3.8) is 0 Å². The standard InChI is InChI=1S/C18H14FNO3/c1-20-15(12-9-5-6-10-13(12)19)14(17(22)18(20)23)16(21)11-7-3-2-4-8-11/h2-10,15,21H,1H3/b16-14+. The number of nitrogens with zero attached hydrogens (tertiary/aromatic N) is 1. The summed E-state index contributed by atoms with van der Waals surface area (Å²) in [6.45, 7) is 0. The zero-order valence-corrected chi connectivity index (χ0v) is 12.4. The van der Waals surface area contributed by atoms with Crippen molar-refractivity contribution in [2.24, 2.45) is 0 Å². The van der Waals surface area contributed by atoms with Crippen molar-refractivity contribution < 1.29 is 19.1 Å². The third-order valence-electron chi connectivity index (χ3n) is 3.92. The molecule has 2 aromatic carbocycles. The van der Waals surface area contributed by atoms with E-state index in [2.05, 4.69) is 0 Å². The second-order valence-corrected chi connectivity index (χ2v) is 5.30. The molecular weight excluding hydrogens is 297 g/mol. The summed E-state index contributed by atoms with van der Waals surface area (Å²) < 4.78 is 14.2. The van der Waals surface area contributed by atoms with Gasteiger partial charge < -0.3 is 10.0 Å². The lowest BCUT2D eigenvalue weighted by Gasteiger charge is -2.21. The number of hydrogen-bond acceptors (Lipinski definition) is 3. The maximum atomic E-state index is 14.2. The Hall–Kier alpha value is -2.95. The third kappa shape index (κ3) is 2.40. The number of likely N-dealkylation sites (tertiary alicyclic amines) is 1. The fourth-order valence-electron chi connectivity index (χ4n) is 2.76. The second-order valence-electron chi connectivity index (χ2n) is 5.30. The minimum Gasteiger partial charge on any atom is -0.507 e. The minimum absolute atomic E-state index is 0.103. The molecule has 1 aliphatic heterocycles. The Balaban J connectivity index is 2.22. The molecule has 1 amide bonds. The maximum Gasteiger partial charge on any atom is 0.295 e. The van der Waals surface area contributed by atoms with Crippen LogP contribution in [0.15, 0.2) is 60.2 Å². The van der Waals surface area contributed by atoms with Gasteiger partial charge in [-0.2, -0.15) is 0 Å². The largest absolute Gasteiger partial charge is 0.507 e. The number of carbonyl (C=O) groups excluding carboxylic acids is 2. The molecule has 2 aromatic rings. The van der Waals surface area contributed by atoms with Crippen LogP contribution in [0.25, 0.3) is 5.76 Å². The van der Waals surface area contributed by atoms with Crippen LogP contribution in [0.5, 0.6) is 0 Å². The van der Waals surface area contributed by atoms with Crippen molar-refractivity contribution in [3.05, 3.63) is 77.1 Å². The van der Waals surface area contributed by atoms with Crippen molar-refractivity contribution >= 4 is 17.4 Å². The van der Waals surface area contributed by atoms with E-state index in [1.165, 1.54) is 25.2 Å². The molecule has 1 heterocycles. The molecule has 0 bridgehead atoms. The van der Waals surface area contributed by atoms with Crippen LogP contribution in [0.4, 0.5) is 4.39 Å². The Labute approximate surface area is 132 Å². The summed E-state index contributed by atoms with van der Waals surface area (Å²) >= 11 is 0. The first-order valence-corrected chi connectivity index (χ1v) is 7.07. The number of likely N-dealkylation sites (N-methyl/N-ethyl adjacent to an activating group) is 1. The summed E-state index contributed by atoms with van der Waals surface area (Å²) in [6, 6.07) is 13.4. The van der Waals surface area contributed by atoms with Crippen LogP contribution in [0.2, 0.25) is 0 Å². The molecule has 4 nitrogen and oxygen atoms in total. The van der Waals surface area contributed by atoms with Gasteiger partial charge in [-0.15, -0.1) is 0 Å². The number of hydrogen-bond donors (Lipinski definition) is 1. The highest BCUT2D eigenvalue weighted by molar-refractivity contribution is 6.46. The summed E-state index contributed by atoms with van der Waals surface area (Å²) in [7, 11) is 1.42. The van der Waals surface area contributed by atoms with Crippen LogP contribution in [0.3, 0.4) is 0 Å². The lowest BCUT2D eigenvalue weighted by molar-refractivity contribution is -0.139. The topological polar surface area (TPSA) is 57.6 Å². The van der Waals surface area contributed by atoms with Crippen LogP contribution in [0, 0.1) is 5.82 Å². The predicted molar refractivity (Wildman–Crippen MR) is 82.9 cm³/mol. The lowest BCUT2D eigenvalue weighted by atomic mass is 9.95. The van der Waals surface area contributed by atoms with Gasteiger partial charge in [0.2, 0.25) is 0 Å². The molecule has 0 saturated carbocycles. The van der Waals surface area contributed by atoms with Crippen molar-refractivity contribution in [1.29, 1.82) is 0 Å². The molecule has 0 spiro atoms. The van der Waals surface area contributed by atoms with E-state index >= 15 is 0 Å². The molecule has 1 unspecified atom stereocenters. The summed E-state index contributed by atoms with van der Waals surface area (Å²) in [4.78, 5) is 25.5. The van der Waals surface area contributed by atoms with Crippen LogP contribution in [-0.4, -0.2) is 28.7 Å². The van der Waals surface area contributed by atoms with Gasteiger partial charge >= 0.3 is 0 Å². The van der Waals surface area contributed by atoms with E-state index in [1.807, 2.05) is 0 Å². The number of amides is 1. The first kappa shape index (κ1) is 15.0. The number of ketones is 1. The monoisotopic (exact) mass is 311 g/mol. The summed E-state index contributed by atoms with van der Waals surface area (Å²) in [6.07, 6.45) is 0. The molecule has 23 heavy (non-hydrogen) atoms. The van der Waals surface area contributed by atoms with Gasteiger partial charge in [0.1, 0.15) is 11.6 Å². The van der Waals surface area contributed by atoms with Gasteiger partial charge in [0.15, 0.2) is 0 Å². The number of benzene rings is 2. The Bertz CT molecular complexity index is 814. The Morgan fingerprint density at radius 2 is 1.65 bits per heavy atom. The number of aliphatic hydroxyl groups excluding tert-OH is 1. The van der Waals surface area contributed by atoms with Gasteiger partial charge in [-0.05, 0) is 6.07 Å². The van der Waals surface area contributed by atoms with E-state index in [-0.39, 0.29) is 16.9 Å². The fraction of sp³-hybridized carbons (Fsp3) is 0.111. The number of rotatable bonds is 2. The Kier molecular flexibility index (Phi) is 3.70. The number of Topliss-reactive ketones (excluding diaryl/α,β-unsaturated/α-hetero) is 1. The highest BCUT2D eigenvalue weighted by atomic mass is 19.1. The molecule has 0 radical (unpaired) electrons. The predicted octanol–water partition coefficient (Wildman–Crippen LogP) is 2.88. The minimum atomic E-state index is -0.948. The van der Waals surface area contributed by atoms with Gasteiger partial charge in [0.05, 0.1) is 11.6 Å². The summed E-state index contributed by atoms with van der Waals surface area (Å²) in [5, 5.41) is 10.5. The van der Waals surface area contributed by atoms with E-state index in [0.29, 0.717) is 5.56 Å². The van der Waals surface area contributed by atoms with Crippen LogP contribution in [0.1, 0.15) is 17.2 Å². The summed E-state index contributed by atoms with van der Waals surface area (Å²) in [5.41, 5.74) is 0.473. The first-order valence-electron chi connectivity index (χ1n) is 7.07. The number of halogens is 1. The third-order valence-corrected chi connectivity index (χ3v) is 3.92. The Morgan fingerprint density at radius 1 is 1.04 bits per heavy atom. The molecule has 3 rings (SSSR count). The Morgan fingerprint density at radius 3 is 2.30 bits per heavy atom. The zero-order chi connectivity index (χ0) is 16.6. The molecule has 1 fully saturated rings. The number of carbonyl (C=O) groups is 2. The molecule has 1 saturated heterocycles. The maximum absolute atomic E-state index is 14.2. The average molecular weight is 311 g/mol. The first-order chi connectivity index (χ1) is 11.0. The molecule has 0 aliphatic carbocycles. The highest BCUT2D eigenvalue weighted by Gasteiger charge is 2.45. The number of aliphatic hydroxyl groups is 1. The molecule has 1 N–H and O–H groups in total. The van der Waals surface area contributed by atoms with E-state index in [0.717, 1.165) is 4.90 Å².